The predicted molar refractivity (Wildman–Crippen MR) is 73.1 cm³/mol. The van der Waals surface area contributed by atoms with E-state index in [1.165, 1.54) is 9.21 Å². The molecular weight excluding hydrogens is 300 g/mol. The molecule has 0 aliphatic carbocycles. The van der Waals surface area contributed by atoms with Crippen LogP contribution in [-0.4, -0.2) is 79.2 Å². The topological polar surface area (TPSA) is 104 Å². The predicted octanol–water partition coefficient (Wildman–Crippen LogP) is -0.887. The second-order valence-electron chi connectivity index (χ2n) is 5.35. The van der Waals surface area contributed by atoms with Crippen LogP contribution in [0.3, 0.4) is 0 Å². The largest absolute Gasteiger partial charge is 0.480 e. The average Bonchev–Trinajstić information content (AvgIpc) is 2.45. The Hall–Kier alpha value is -1.19. The van der Waals surface area contributed by atoms with Crippen LogP contribution in [-0.2, 0) is 24.3 Å². The smallest absolute Gasteiger partial charge is 0.328 e. The molecule has 2 aliphatic heterocycles. The molecular formula is C12H20N2O6S. The Bertz CT molecular complexity index is 520. The molecule has 9 heteroatoms. The Kier molecular flexibility index (Phi) is 4.84. The first-order chi connectivity index (χ1) is 9.82. The normalized spacial score (nSPS) is 28.3. The van der Waals surface area contributed by atoms with Crippen molar-refractivity contribution in [2.75, 3.05) is 32.6 Å². The van der Waals surface area contributed by atoms with E-state index in [1.807, 2.05) is 0 Å². The molecule has 1 amide bonds. The number of piperidine rings is 1. The number of rotatable bonds is 3. The molecule has 0 aromatic carbocycles. The molecule has 0 aromatic rings. The lowest BCUT2D eigenvalue weighted by atomic mass is 10.0. The van der Waals surface area contributed by atoms with E-state index >= 15 is 0 Å². The zero-order valence-electron chi connectivity index (χ0n) is 11.9. The number of aliphatic carboxylic acids is 1. The summed E-state index contributed by atoms with van der Waals surface area (Å²) in [6.45, 7) is 0.676. The monoisotopic (exact) mass is 320 g/mol. The number of ether oxygens (including phenoxy) is 1. The third kappa shape index (κ3) is 3.53. The third-order valence-corrected chi connectivity index (χ3v) is 5.15. The van der Waals surface area contributed by atoms with E-state index in [4.69, 9.17) is 4.74 Å². The zero-order valence-corrected chi connectivity index (χ0v) is 12.7. The third-order valence-electron chi connectivity index (χ3n) is 3.86. The molecule has 1 N–H and O–H groups in total. The summed E-state index contributed by atoms with van der Waals surface area (Å²) in [5.41, 5.74) is 0. The standard InChI is InChI=1S/C12H20N2O6S/c1-21(18,19)14-5-3-2-4-9(14)11(15)13-6-7-20-8-10(13)12(16)17/h9-10H,2-8H2,1H3,(H,16,17). The van der Waals surface area contributed by atoms with E-state index in [9.17, 15) is 23.1 Å². The summed E-state index contributed by atoms with van der Waals surface area (Å²) < 4.78 is 29.9. The fraction of sp³-hybridized carbons (Fsp3) is 0.833. The first kappa shape index (κ1) is 16.2. The summed E-state index contributed by atoms with van der Waals surface area (Å²) in [5, 5.41) is 9.18. The maximum Gasteiger partial charge on any atom is 0.328 e. The van der Waals surface area contributed by atoms with Crippen LogP contribution in [0.4, 0.5) is 0 Å². The van der Waals surface area contributed by atoms with Crippen LogP contribution >= 0.6 is 0 Å². The molecule has 0 aromatic heterocycles. The number of carboxylic acids is 1. The molecule has 0 spiro atoms. The zero-order chi connectivity index (χ0) is 15.6. The average molecular weight is 320 g/mol. The minimum Gasteiger partial charge on any atom is -0.480 e. The number of morpholine rings is 1. The summed E-state index contributed by atoms with van der Waals surface area (Å²) in [7, 11) is -3.49. The number of sulfonamides is 1. The van der Waals surface area contributed by atoms with Gasteiger partial charge in [0.2, 0.25) is 15.9 Å². The quantitative estimate of drug-likeness (QED) is 0.723. The Morgan fingerprint density at radius 3 is 2.52 bits per heavy atom. The molecule has 8 nitrogen and oxygen atoms in total. The molecule has 21 heavy (non-hydrogen) atoms. The van der Waals surface area contributed by atoms with Gasteiger partial charge in [-0.1, -0.05) is 6.42 Å². The van der Waals surface area contributed by atoms with Crippen molar-refractivity contribution in [2.45, 2.75) is 31.3 Å². The van der Waals surface area contributed by atoms with Gasteiger partial charge in [0.15, 0.2) is 6.04 Å². The van der Waals surface area contributed by atoms with Crippen molar-refractivity contribution in [3.8, 4) is 0 Å². The van der Waals surface area contributed by atoms with Crippen LogP contribution < -0.4 is 0 Å². The van der Waals surface area contributed by atoms with Gasteiger partial charge >= 0.3 is 5.97 Å². The second-order valence-corrected chi connectivity index (χ2v) is 7.28. The molecule has 120 valence electrons. The fourth-order valence-electron chi connectivity index (χ4n) is 2.81. The fourth-order valence-corrected chi connectivity index (χ4v) is 3.93. The summed E-state index contributed by atoms with van der Waals surface area (Å²) in [6, 6.07) is -1.84. The van der Waals surface area contributed by atoms with Crippen molar-refractivity contribution in [2.24, 2.45) is 0 Å². The number of hydrogen-bond donors (Lipinski definition) is 1. The minimum atomic E-state index is -3.49. The van der Waals surface area contributed by atoms with Gasteiger partial charge in [0, 0.05) is 13.1 Å². The minimum absolute atomic E-state index is 0.0628. The summed E-state index contributed by atoms with van der Waals surface area (Å²) in [4.78, 5) is 25.1. The summed E-state index contributed by atoms with van der Waals surface area (Å²) >= 11 is 0. The van der Waals surface area contributed by atoms with Gasteiger partial charge < -0.3 is 14.7 Å². The molecule has 0 saturated carbocycles. The van der Waals surface area contributed by atoms with E-state index in [2.05, 4.69) is 0 Å². The lowest BCUT2D eigenvalue weighted by Gasteiger charge is -2.39. The molecule has 2 atom stereocenters. The Morgan fingerprint density at radius 1 is 1.19 bits per heavy atom. The van der Waals surface area contributed by atoms with Gasteiger partial charge in [-0.15, -0.1) is 0 Å². The molecule has 2 aliphatic rings. The van der Waals surface area contributed by atoms with Crippen LogP contribution in [0.1, 0.15) is 19.3 Å². The highest BCUT2D eigenvalue weighted by Gasteiger charge is 2.41. The Balaban J connectivity index is 2.21. The van der Waals surface area contributed by atoms with Gasteiger partial charge in [0.1, 0.15) is 6.04 Å². The number of hydrogen-bond acceptors (Lipinski definition) is 5. The first-order valence-corrected chi connectivity index (χ1v) is 8.75. The Morgan fingerprint density at radius 2 is 1.90 bits per heavy atom. The van der Waals surface area contributed by atoms with Gasteiger partial charge in [0.25, 0.3) is 0 Å². The van der Waals surface area contributed by atoms with Gasteiger partial charge in [-0.3, -0.25) is 4.79 Å². The highest BCUT2D eigenvalue weighted by molar-refractivity contribution is 7.88. The van der Waals surface area contributed by atoms with Gasteiger partial charge in [-0.05, 0) is 12.8 Å². The number of nitrogens with zero attached hydrogens (tertiary/aromatic N) is 2. The molecule has 2 fully saturated rings. The van der Waals surface area contributed by atoms with E-state index in [0.29, 0.717) is 19.4 Å². The van der Waals surface area contributed by atoms with Gasteiger partial charge in [-0.2, -0.15) is 4.31 Å². The summed E-state index contributed by atoms with van der Waals surface area (Å²) in [6.07, 6.45) is 2.97. The van der Waals surface area contributed by atoms with Crippen LogP contribution in [0.15, 0.2) is 0 Å². The number of amides is 1. The van der Waals surface area contributed by atoms with E-state index in [-0.39, 0.29) is 19.8 Å². The molecule has 0 bridgehead atoms. The van der Waals surface area contributed by atoms with Crippen molar-refractivity contribution >= 4 is 21.9 Å². The highest BCUT2D eigenvalue weighted by atomic mass is 32.2. The van der Waals surface area contributed by atoms with E-state index < -0.39 is 34.0 Å². The number of carboxylic acid groups (broad SMARTS) is 1. The van der Waals surface area contributed by atoms with Crippen LogP contribution in [0.2, 0.25) is 0 Å². The first-order valence-electron chi connectivity index (χ1n) is 6.90. The van der Waals surface area contributed by atoms with Crippen LogP contribution in [0.5, 0.6) is 0 Å². The Labute approximate surface area is 123 Å². The van der Waals surface area contributed by atoms with Crippen molar-refractivity contribution in [1.82, 2.24) is 9.21 Å². The van der Waals surface area contributed by atoms with Gasteiger partial charge in [-0.25, -0.2) is 13.2 Å². The van der Waals surface area contributed by atoms with Crippen LogP contribution in [0.25, 0.3) is 0 Å². The SMILES string of the molecule is CS(=O)(=O)N1CCCCC1C(=O)N1CCOCC1C(=O)O. The number of carbonyl (C=O) groups is 2. The van der Waals surface area contributed by atoms with Crippen molar-refractivity contribution in [3.63, 3.8) is 0 Å². The lowest BCUT2D eigenvalue weighted by molar-refractivity contribution is -0.160. The van der Waals surface area contributed by atoms with Crippen molar-refractivity contribution in [1.29, 1.82) is 0 Å². The number of carbonyl (C=O) groups excluding carboxylic acids is 1. The maximum absolute atomic E-state index is 12.6. The maximum atomic E-state index is 12.6. The van der Waals surface area contributed by atoms with Crippen LogP contribution in [0, 0.1) is 0 Å². The van der Waals surface area contributed by atoms with E-state index in [0.717, 1.165) is 12.7 Å². The van der Waals surface area contributed by atoms with Crippen molar-refractivity contribution < 1.29 is 27.9 Å². The van der Waals surface area contributed by atoms with E-state index in [1.54, 1.807) is 0 Å². The summed E-state index contributed by atoms with van der Waals surface area (Å²) in [5.74, 6) is -1.57. The molecule has 2 unspecified atom stereocenters. The molecule has 2 heterocycles. The highest BCUT2D eigenvalue weighted by Crippen LogP contribution is 2.23. The molecule has 2 saturated heterocycles. The lowest BCUT2D eigenvalue weighted by Crippen LogP contribution is -2.59. The second kappa shape index (κ2) is 6.29. The molecule has 2 rings (SSSR count). The molecule has 0 radical (unpaired) electrons. The van der Waals surface area contributed by atoms with Crippen molar-refractivity contribution in [3.05, 3.63) is 0 Å². The van der Waals surface area contributed by atoms with Gasteiger partial charge in [0.05, 0.1) is 19.5 Å².